The van der Waals surface area contributed by atoms with Crippen molar-refractivity contribution < 1.29 is 19.1 Å². The van der Waals surface area contributed by atoms with Gasteiger partial charge in [0.05, 0.1) is 19.4 Å². The fourth-order valence-corrected chi connectivity index (χ4v) is 4.36. The number of amides is 2. The summed E-state index contributed by atoms with van der Waals surface area (Å²) in [5.41, 5.74) is 4.97. The Hall–Kier alpha value is -3.33. The number of morpholine rings is 1. The molecule has 186 valence electrons. The summed E-state index contributed by atoms with van der Waals surface area (Å²) in [5, 5.41) is 4.75. The van der Waals surface area contributed by atoms with Crippen LogP contribution in [0.5, 0.6) is 5.75 Å². The number of nitrogens with one attached hydrogen (secondary N) is 1. The highest BCUT2D eigenvalue weighted by atomic mass is 35.5. The Bertz CT molecular complexity index is 1180. The van der Waals surface area contributed by atoms with E-state index >= 15 is 0 Å². The molecule has 2 amide bonds. The van der Waals surface area contributed by atoms with Crippen molar-refractivity contribution in [1.82, 2.24) is 10.3 Å². The first-order valence-electron chi connectivity index (χ1n) is 11.5. The van der Waals surface area contributed by atoms with Crippen molar-refractivity contribution in [3.05, 3.63) is 94.5 Å². The number of hydrogen-bond acceptors (Lipinski definition) is 6. The van der Waals surface area contributed by atoms with Gasteiger partial charge < -0.3 is 14.4 Å². The lowest BCUT2D eigenvalue weighted by Crippen LogP contribution is -2.42. The van der Waals surface area contributed by atoms with Gasteiger partial charge in [0.2, 0.25) is 0 Å². The number of hydrogen-bond donors (Lipinski definition) is 1. The van der Waals surface area contributed by atoms with E-state index in [0.29, 0.717) is 37.6 Å². The lowest BCUT2D eigenvalue weighted by atomic mass is 10.1. The summed E-state index contributed by atoms with van der Waals surface area (Å²) in [5.74, 6) is 1.04. The van der Waals surface area contributed by atoms with Crippen LogP contribution in [0.1, 0.15) is 21.5 Å². The summed E-state index contributed by atoms with van der Waals surface area (Å²) in [6.07, 6.45) is 1.55. The minimum Gasteiger partial charge on any atom is -0.484 e. The first-order chi connectivity index (χ1) is 17.6. The third kappa shape index (κ3) is 7.84. The molecule has 0 unspecified atom stereocenters. The second-order valence-corrected chi connectivity index (χ2v) is 9.47. The highest BCUT2D eigenvalue weighted by Gasteiger charge is 2.17. The maximum atomic E-state index is 12.4. The van der Waals surface area contributed by atoms with Crippen LogP contribution in [0, 0.1) is 0 Å². The van der Waals surface area contributed by atoms with E-state index in [1.807, 2.05) is 36.4 Å². The molecule has 0 aromatic heterocycles. The Morgan fingerprint density at radius 2 is 1.69 bits per heavy atom. The van der Waals surface area contributed by atoms with Gasteiger partial charge >= 0.3 is 0 Å². The molecule has 36 heavy (non-hydrogen) atoms. The van der Waals surface area contributed by atoms with E-state index < -0.39 is 0 Å². The summed E-state index contributed by atoms with van der Waals surface area (Å²) < 4.78 is 10.8. The number of hydrazone groups is 1. The molecular weight excluding hydrogens is 498 g/mol. The first-order valence-corrected chi connectivity index (χ1v) is 12.8. The van der Waals surface area contributed by atoms with Crippen LogP contribution < -0.4 is 10.2 Å². The minimum atomic E-state index is -0.287. The minimum absolute atomic E-state index is 0.0118. The van der Waals surface area contributed by atoms with Crippen LogP contribution >= 0.6 is 23.4 Å². The molecule has 1 saturated heterocycles. The zero-order valence-corrected chi connectivity index (χ0v) is 21.1. The Balaban J connectivity index is 1.20. The van der Waals surface area contributed by atoms with Crippen molar-refractivity contribution >= 4 is 41.4 Å². The topological polar surface area (TPSA) is 80.2 Å². The predicted molar refractivity (Wildman–Crippen MR) is 142 cm³/mol. The van der Waals surface area contributed by atoms with Crippen molar-refractivity contribution in [2.45, 2.75) is 10.6 Å². The molecule has 3 aromatic rings. The molecule has 1 heterocycles. The molecule has 1 N–H and O–H groups in total. The first kappa shape index (κ1) is 25.8. The van der Waals surface area contributed by atoms with E-state index in [2.05, 4.69) is 10.5 Å². The fraction of sp³-hybridized carbons (Fsp3) is 0.222. The SMILES string of the molecule is O=C(N/N=C/c1ccc(OCC(=O)N2CCOCC2)cc1)c1ccc(CSc2ccc(Cl)cc2)cc1. The fourth-order valence-electron chi connectivity index (χ4n) is 3.38. The lowest BCUT2D eigenvalue weighted by molar-refractivity contribution is -0.137. The van der Waals surface area contributed by atoms with Crippen molar-refractivity contribution in [2.24, 2.45) is 5.10 Å². The smallest absolute Gasteiger partial charge is 0.271 e. The highest BCUT2D eigenvalue weighted by molar-refractivity contribution is 7.98. The van der Waals surface area contributed by atoms with E-state index in [-0.39, 0.29) is 18.4 Å². The maximum Gasteiger partial charge on any atom is 0.271 e. The zero-order valence-electron chi connectivity index (χ0n) is 19.6. The van der Waals surface area contributed by atoms with Gasteiger partial charge in [0, 0.05) is 34.3 Å². The normalized spacial score (nSPS) is 13.5. The van der Waals surface area contributed by atoms with Gasteiger partial charge in [-0.25, -0.2) is 5.43 Å². The highest BCUT2D eigenvalue weighted by Crippen LogP contribution is 2.24. The van der Waals surface area contributed by atoms with Gasteiger partial charge in [-0.2, -0.15) is 5.10 Å². The summed E-state index contributed by atoms with van der Waals surface area (Å²) in [6.45, 7) is 2.30. The molecule has 3 aromatic carbocycles. The Labute approximate surface area is 219 Å². The van der Waals surface area contributed by atoms with Crippen LogP contribution in [-0.2, 0) is 15.3 Å². The Kier molecular flexibility index (Phi) is 9.38. The number of benzene rings is 3. The summed E-state index contributed by atoms with van der Waals surface area (Å²) >= 11 is 7.62. The van der Waals surface area contributed by atoms with Gasteiger partial charge in [-0.1, -0.05) is 23.7 Å². The molecule has 0 saturated carbocycles. The molecule has 0 radical (unpaired) electrons. The number of carbonyl (C=O) groups is 2. The average molecular weight is 524 g/mol. The van der Waals surface area contributed by atoms with E-state index in [1.54, 1.807) is 59.3 Å². The van der Waals surface area contributed by atoms with Crippen molar-refractivity contribution in [2.75, 3.05) is 32.9 Å². The third-order valence-corrected chi connectivity index (χ3v) is 6.76. The molecule has 4 rings (SSSR count). The second-order valence-electron chi connectivity index (χ2n) is 7.99. The van der Waals surface area contributed by atoms with Crippen LogP contribution in [0.2, 0.25) is 5.02 Å². The summed E-state index contributed by atoms with van der Waals surface area (Å²) in [6, 6.07) is 22.3. The summed E-state index contributed by atoms with van der Waals surface area (Å²) in [4.78, 5) is 27.4. The van der Waals surface area contributed by atoms with Crippen LogP contribution in [0.4, 0.5) is 0 Å². The van der Waals surface area contributed by atoms with Gasteiger partial charge in [-0.3, -0.25) is 9.59 Å². The van der Waals surface area contributed by atoms with Gasteiger partial charge in [-0.05, 0) is 71.8 Å². The summed E-state index contributed by atoms with van der Waals surface area (Å²) in [7, 11) is 0. The Morgan fingerprint density at radius 3 is 2.39 bits per heavy atom. The van der Waals surface area contributed by atoms with Crippen molar-refractivity contribution in [1.29, 1.82) is 0 Å². The monoisotopic (exact) mass is 523 g/mol. The van der Waals surface area contributed by atoms with E-state index in [1.165, 1.54) is 0 Å². The van der Waals surface area contributed by atoms with E-state index in [0.717, 1.165) is 26.8 Å². The zero-order chi connectivity index (χ0) is 25.2. The second kappa shape index (κ2) is 13.1. The maximum absolute atomic E-state index is 12.4. The molecular formula is C27H26ClN3O4S. The third-order valence-electron chi connectivity index (χ3n) is 5.42. The molecule has 1 aliphatic heterocycles. The van der Waals surface area contributed by atoms with Crippen LogP contribution in [0.15, 0.2) is 82.8 Å². The molecule has 0 atom stereocenters. The quantitative estimate of drug-likeness (QED) is 0.251. The number of carbonyl (C=O) groups excluding carboxylic acids is 2. The molecule has 1 fully saturated rings. The van der Waals surface area contributed by atoms with Crippen molar-refractivity contribution in [3.63, 3.8) is 0 Å². The van der Waals surface area contributed by atoms with E-state index in [9.17, 15) is 9.59 Å². The number of thioether (sulfide) groups is 1. The molecule has 7 nitrogen and oxygen atoms in total. The van der Waals surface area contributed by atoms with Gasteiger partial charge in [0.25, 0.3) is 11.8 Å². The molecule has 0 aliphatic carbocycles. The standard InChI is InChI=1S/C27H26ClN3O4S/c28-23-7-11-25(12-8-23)36-19-21-1-5-22(6-2-21)27(33)30-29-17-20-3-9-24(10-4-20)35-18-26(32)31-13-15-34-16-14-31/h1-12,17H,13-16,18-19H2,(H,30,33)/b29-17+. The molecule has 0 spiro atoms. The van der Waals surface area contributed by atoms with Crippen LogP contribution in [-0.4, -0.2) is 55.8 Å². The number of rotatable bonds is 9. The number of nitrogens with zero attached hydrogens (tertiary/aromatic N) is 2. The Morgan fingerprint density at radius 1 is 1.00 bits per heavy atom. The van der Waals surface area contributed by atoms with Crippen LogP contribution in [0.25, 0.3) is 0 Å². The van der Waals surface area contributed by atoms with Gasteiger partial charge in [-0.15, -0.1) is 11.8 Å². The molecule has 1 aliphatic rings. The van der Waals surface area contributed by atoms with Crippen LogP contribution in [0.3, 0.4) is 0 Å². The van der Waals surface area contributed by atoms with Crippen molar-refractivity contribution in [3.8, 4) is 5.75 Å². The lowest BCUT2D eigenvalue weighted by Gasteiger charge is -2.26. The van der Waals surface area contributed by atoms with Gasteiger partial charge in [0.15, 0.2) is 6.61 Å². The average Bonchev–Trinajstić information content (AvgIpc) is 2.93. The predicted octanol–water partition coefficient (Wildman–Crippen LogP) is 4.63. The van der Waals surface area contributed by atoms with Gasteiger partial charge in [0.1, 0.15) is 5.75 Å². The largest absolute Gasteiger partial charge is 0.484 e. The number of halogens is 1. The number of ether oxygens (including phenoxy) is 2. The molecule has 0 bridgehead atoms. The van der Waals surface area contributed by atoms with E-state index in [4.69, 9.17) is 21.1 Å². The molecule has 9 heteroatoms.